The van der Waals surface area contributed by atoms with Crippen molar-refractivity contribution in [3.8, 4) is 28.4 Å². The van der Waals surface area contributed by atoms with E-state index in [0.29, 0.717) is 26.2 Å². The van der Waals surface area contributed by atoms with Crippen molar-refractivity contribution in [2.45, 2.75) is 64.8 Å². The van der Waals surface area contributed by atoms with Crippen molar-refractivity contribution in [2.75, 3.05) is 26.9 Å². The number of methoxy groups -OCH3 is 1. The van der Waals surface area contributed by atoms with Gasteiger partial charge in [0.15, 0.2) is 6.10 Å². The van der Waals surface area contributed by atoms with E-state index in [9.17, 15) is 4.79 Å². The first-order chi connectivity index (χ1) is 19.0. The van der Waals surface area contributed by atoms with Crippen LogP contribution < -0.4 is 13.9 Å². The van der Waals surface area contributed by atoms with Crippen molar-refractivity contribution in [1.82, 2.24) is 0 Å². The molecule has 0 bridgehead atoms. The van der Waals surface area contributed by atoms with Crippen molar-refractivity contribution in [2.24, 2.45) is 0 Å². The maximum atomic E-state index is 11.9. The van der Waals surface area contributed by atoms with Gasteiger partial charge in [-0.2, -0.15) is 0 Å². The third-order valence-electron chi connectivity index (χ3n) is 7.23. The minimum Gasteiger partial charge on any atom is -0.544 e. The molecule has 0 aromatic heterocycles. The van der Waals surface area contributed by atoms with Gasteiger partial charge in [0.2, 0.25) is 8.32 Å². The molecule has 3 rings (SSSR count). The van der Waals surface area contributed by atoms with Crippen LogP contribution in [0.2, 0.25) is 18.1 Å². The number of carbonyl (C=O) groups excluding carboxylic acids is 1. The smallest absolute Gasteiger partial charge is 0.335 e. The molecule has 0 aliphatic heterocycles. The standard InChI is InChI=1S/C33H44O6Si/c1-8-36-32(34)31(35-5)24-25-10-16-28(17-11-25)37-22-9-23-38-29-18-12-26(13-19-29)27-14-20-30(21-15-27)39-40(6,7)33(2,3)4/h10-21,31H,8-9,22-24H2,1-7H3. The summed E-state index contributed by atoms with van der Waals surface area (Å²) in [6.45, 7) is 14.5. The topological polar surface area (TPSA) is 63.2 Å². The zero-order chi connectivity index (χ0) is 29.2. The second kappa shape index (κ2) is 14.4. The van der Waals surface area contributed by atoms with Gasteiger partial charge in [0.1, 0.15) is 17.2 Å². The van der Waals surface area contributed by atoms with E-state index < -0.39 is 14.4 Å². The van der Waals surface area contributed by atoms with E-state index in [1.54, 1.807) is 6.92 Å². The SMILES string of the molecule is CCOC(=O)C(Cc1ccc(OCCCOc2ccc(-c3ccc(O[Si](C)(C)C(C)(C)C)cc3)cc2)cc1)OC. The Morgan fingerprint density at radius 2 is 1.25 bits per heavy atom. The number of carbonyl (C=O) groups is 1. The maximum Gasteiger partial charge on any atom is 0.335 e. The molecular weight excluding hydrogens is 520 g/mol. The van der Waals surface area contributed by atoms with Crippen LogP contribution in [0.15, 0.2) is 72.8 Å². The molecule has 0 saturated heterocycles. The molecule has 6 nitrogen and oxygen atoms in total. The van der Waals surface area contributed by atoms with Crippen LogP contribution in [0.3, 0.4) is 0 Å². The van der Waals surface area contributed by atoms with Crippen LogP contribution >= 0.6 is 0 Å². The Kier molecular flexibility index (Phi) is 11.2. The van der Waals surface area contributed by atoms with Crippen LogP contribution in [0.1, 0.15) is 39.7 Å². The van der Waals surface area contributed by atoms with Gasteiger partial charge in [-0.3, -0.25) is 0 Å². The zero-order valence-electron chi connectivity index (χ0n) is 25.0. The van der Waals surface area contributed by atoms with E-state index in [4.69, 9.17) is 23.4 Å². The first kappa shape index (κ1) is 31.2. The van der Waals surface area contributed by atoms with Crippen molar-refractivity contribution in [3.05, 3.63) is 78.4 Å². The second-order valence-corrected chi connectivity index (χ2v) is 16.0. The van der Waals surface area contributed by atoms with Crippen molar-refractivity contribution in [3.63, 3.8) is 0 Å². The Labute approximate surface area is 240 Å². The minimum absolute atomic E-state index is 0.168. The zero-order valence-corrected chi connectivity index (χ0v) is 26.0. The molecule has 0 amide bonds. The summed E-state index contributed by atoms with van der Waals surface area (Å²) in [5.74, 6) is 2.20. The molecule has 0 aliphatic carbocycles. The van der Waals surface area contributed by atoms with Crippen LogP contribution in [0.5, 0.6) is 17.2 Å². The van der Waals surface area contributed by atoms with Crippen LogP contribution in [0.4, 0.5) is 0 Å². The molecule has 0 N–H and O–H groups in total. The summed E-state index contributed by atoms with van der Waals surface area (Å²) < 4.78 is 28.4. The van der Waals surface area contributed by atoms with Gasteiger partial charge < -0.3 is 23.4 Å². The van der Waals surface area contributed by atoms with E-state index in [1.807, 2.05) is 36.4 Å². The maximum absolute atomic E-state index is 11.9. The molecule has 0 spiro atoms. The highest BCUT2D eigenvalue weighted by molar-refractivity contribution is 6.74. The molecule has 216 valence electrons. The summed E-state index contributed by atoms with van der Waals surface area (Å²) in [5.41, 5.74) is 3.26. The number of esters is 1. The second-order valence-electron chi connectivity index (χ2n) is 11.3. The average molecular weight is 565 g/mol. The first-order valence-electron chi connectivity index (χ1n) is 14.0. The predicted molar refractivity (Wildman–Crippen MR) is 163 cm³/mol. The van der Waals surface area contributed by atoms with Gasteiger partial charge in [0, 0.05) is 20.0 Å². The Morgan fingerprint density at radius 1 is 0.775 bits per heavy atom. The fourth-order valence-corrected chi connectivity index (χ4v) is 4.81. The Balaban J connectivity index is 1.40. The van der Waals surface area contributed by atoms with Crippen LogP contribution in [0.25, 0.3) is 11.1 Å². The fourth-order valence-electron chi connectivity index (χ4n) is 3.78. The monoisotopic (exact) mass is 564 g/mol. The lowest BCUT2D eigenvalue weighted by Crippen LogP contribution is -2.43. The molecule has 3 aromatic carbocycles. The predicted octanol–water partition coefficient (Wildman–Crippen LogP) is 7.71. The molecule has 0 heterocycles. The highest BCUT2D eigenvalue weighted by atomic mass is 28.4. The number of hydrogen-bond acceptors (Lipinski definition) is 6. The third kappa shape index (κ3) is 9.13. The molecule has 0 saturated carbocycles. The number of benzene rings is 3. The molecule has 40 heavy (non-hydrogen) atoms. The lowest BCUT2D eigenvalue weighted by atomic mass is 10.1. The van der Waals surface area contributed by atoms with Gasteiger partial charge in [0.05, 0.1) is 19.8 Å². The molecule has 0 radical (unpaired) electrons. The van der Waals surface area contributed by atoms with E-state index in [0.717, 1.165) is 40.4 Å². The molecule has 7 heteroatoms. The number of hydrogen-bond donors (Lipinski definition) is 0. The van der Waals surface area contributed by atoms with Crippen molar-refractivity contribution < 1.29 is 28.2 Å². The lowest BCUT2D eigenvalue weighted by Gasteiger charge is -2.36. The van der Waals surface area contributed by atoms with Crippen LogP contribution in [0, 0.1) is 0 Å². The van der Waals surface area contributed by atoms with Gasteiger partial charge in [-0.05, 0) is 78.1 Å². The molecule has 0 aliphatic rings. The number of ether oxygens (including phenoxy) is 4. The van der Waals surface area contributed by atoms with Crippen LogP contribution in [-0.2, 0) is 20.7 Å². The minimum atomic E-state index is -1.85. The largest absolute Gasteiger partial charge is 0.544 e. The van der Waals surface area contributed by atoms with E-state index >= 15 is 0 Å². The summed E-state index contributed by atoms with van der Waals surface area (Å²) in [7, 11) is -0.333. The Morgan fingerprint density at radius 3 is 1.70 bits per heavy atom. The fraction of sp³-hybridized carbons (Fsp3) is 0.424. The van der Waals surface area contributed by atoms with Gasteiger partial charge in [0.25, 0.3) is 0 Å². The van der Waals surface area contributed by atoms with Crippen molar-refractivity contribution in [1.29, 1.82) is 0 Å². The Hall–Kier alpha value is -3.29. The summed E-state index contributed by atoms with van der Waals surface area (Å²) >= 11 is 0. The van der Waals surface area contributed by atoms with Gasteiger partial charge in [-0.1, -0.05) is 57.2 Å². The Bertz CT molecular complexity index is 1180. The lowest BCUT2D eigenvalue weighted by molar-refractivity contribution is -0.154. The highest BCUT2D eigenvalue weighted by Gasteiger charge is 2.38. The van der Waals surface area contributed by atoms with Crippen LogP contribution in [-0.4, -0.2) is 47.3 Å². The van der Waals surface area contributed by atoms with Gasteiger partial charge in [-0.15, -0.1) is 0 Å². The first-order valence-corrected chi connectivity index (χ1v) is 16.9. The third-order valence-corrected chi connectivity index (χ3v) is 11.6. The quantitative estimate of drug-likeness (QED) is 0.114. The molecule has 0 fully saturated rings. The molecule has 1 atom stereocenters. The summed E-state index contributed by atoms with van der Waals surface area (Å²) in [6, 6.07) is 24.2. The highest BCUT2D eigenvalue weighted by Crippen LogP contribution is 2.37. The van der Waals surface area contributed by atoms with E-state index in [-0.39, 0.29) is 11.0 Å². The van der Waals surface area contributed by atoms with Gasteiger partial charge >= 0.3 is 5.97 Å². The van der Waals surface area contributed by atoms with Gasteiger partial charge in [-0.25, -0.2) is 4.79 Å². The normalized spacial score (nSPS) is 12.5. The molecule has 3 aromatic rings. The summed E-state index contributed by atoms with van der Waals surface area (Å²) in [6.07, 6.45) is 0.609. The van der Waals surface area contributed by atoms with Crippen molar-refractivity contribution >= 4 is 14.3 Å². The average Bonchev–Trinajstić information content (AvgIpc) is 2.92. The number of rotatable bonds is 14. The summed E-state index contributed by atoms with van der Waals surface area (Å²) in [5, 5.41) is 0.168. The summed E-state index contributed by atoms with van der Waals surface area (Å²) in [4.78, 5) is 11.9. The molecular formula is C33H44O6Si. The molecule has 1 unspecified atom stereocenters. The van der Waals surface area contributed by atoms with E-state index in [2.05, 4.69) is 70.3 Å². The van der Waals surface area contributed by atoms with E-state index in [1.165, 1.54) is 7.11 Å².